The average Bonchev–Trinajstić information content (AvgIpc) is 2.08. The maximum absolute atomic E-state index is 11.4. The van der Waals surface area contributed by atoms with Gasteiger partial charge in [-0.1, -0.05) is 0 Å². The molecule has 2 N–H and O–H groups in total. The number of hydrogen-bond donors (Lipinski definition) is 2. The summed E-state index contributed by atoms with van der Waals surface area (Å²) in [6, 6.07) is -0.842. The fourth-order valence-corrected chi connectivity index (χ4v) is 1.17. The van der Waals surface area contributed by atoms with Gasteiger partial charge in [-0.2, -0.15) is 0 Å². The molecule has 1 aliphatic rings. The van der Waals surface area contributed by atoms with Crippen LogP contribution >= 0.6 is 0 Å². The number of carbonyl (C=O) groups excluding carboxylic acids is 1. The van der Waals surface area contributed by atoms with Gasteiger partial charge in [0.25, 0.3) is 0 Å². The third-order valence-corrected chi connectivity index (χ3v) is 2.69. The number of carbonyl (C=O) groups is 2. The molecular formula is C9H16N2O3. The molecule has 0 spiro atoms. The van der Waals surface area contributed by atoms with Crippen LogP contribution in [0, 0.1) is 0 Å². The van der Waals surface area contributed by atoms with Crippen molar-refractivity contribution in [3.63, 3.8) is 0 Å². The molecule has 14 heavy (non-hydrogen) atoms. The Morgan fingerprint density at radius 3 is 2.43 bits per heavy atom. The number of rotatable bonds is 3. The molecule has 0 saturated heterocycles. The molecule has 5 nitrogen and oxygen atoms in total. The van der Waals surface area contributed by atoms with Crippen LogP contribution in [0.3, 0.4) is 0 Å². The lowest BCUT2D eigenvalue weighted by atomic mass is 9.93. The fraction of sp³-hybridized carbons (Fsp3) is 0.778. The van der Waals surface area contributed by atoms with Gasteiger partial charge in [-0.3, -0.25) is 0 Å². The van der Waals surface area contributed by atoms with Gasteiger partial charge in [0.05, 0.1) is 0 Å². The Morgan fingerprint density at radius 1 is 1.50 bits per heavy atom. The van der Waals surface area contributed by atoms with Crippen molar-refractivity contribution in [2.75, 3.05) is 7.05 Å². The second-order valence-corrected chi connectivity index (χ2v) is 3.70. The highest BCUT2D eigenvalue weighted by Crippen LogP contribution is 2.18. The normalized spacial score (nSPS) is 18.1. The van der Waals surface area contributed by atoms with E-state index in [0.717, 1.165) is 19.3 Å². The summed E-state index contributed by atoms with van der Waals surface area (Å²) in [5.41, 5.74) is 0. The number of nitrogens with zero attached hydrogens (tertiary/aromatic N) is 1. The smallest absolute Gasteiger partial charge is 0.326 e. The summed E-state index contributed by atoms with van der Waals surface area (Å²) < 4.78 is 0. The lowest BCUT2D eigenvalue weighted by Crippen LogP contribution is -2.50. The third kappa shape index (κ3) is 2.37. The summed E-state index contributed by atoms with van der Waals surface area (Å²) in [6.45, 7) is 1.49. The Labute approximate surface area is 83.1 Å². The number of amides is 2. The zero-order chi connectivity index (χ0) is 10.7. The summed E-state index contributed by atoms with van der Waals surface area (Å²) in [7, 11) is 1.49. The first kappa shape index (κ1) is 10.8. The highest BCUT2D eigenvalue weighted by molar-refractivity contribution is 5.82. The van der Waals surface area contributed by atoms with Gasteiger partial charge in [-0.05, 0) is 26.2 Å². The van der Waals surface area contributed by atoms with Gasteiger partial charge in [-0.15, -0.1) is 0 Å². The van der Waals surface area contributed by atoms with E-state index in [-0.39, 0.29) is 12.1 Å². The summed E-state index contributed by atoms with van der Waals surface area (Å²) in [6.07, 6.45) is 3.14. The molecule has 1 rings (SSSR count). The number of urea groups is 1. The van der Waals surface area contributed by atoms with Crippen LogP contribution in [0.4, 0.5) is 4.79 Å². The number of hydrogen-bond acceptors (Lipinski definition) is 2. The predicted molar refractivity (Wildman–Crippen MR) is 51.0 cm³/mol. The third-order valence-electron chi connectivity index (χ3n) is 2.69. The first-order valence-corrected chi connectivity index (χ1v) is 4.78. The molecular weight excluding hydrogens is 184 g/mol. The minimum atomic E-state index is -0.990. The van der Waals surface area contributed by atoms with Crippen molar-refractivity contribution in [3.05, 3.63) is 0 Å². The average molecular weight is 200 g/mol. The molecule has 1 aliphatic carbocycles. The minimum Gasteiger partial charge on any atom is -0.480 e. The topological polar surface area (TPSA) is 69.6 Å². The second-order valence-electron chi connectivity index (χ2n) is 3.70. The van der Waals surface area contributed by atoms with Crippen LogP contribution in [-0.4, -0.2) is 41.1 Å². The Kier molecular flexibility index (Phi) is 3.33. The van der Waals surface area contributed by atoms with Crippen molar-refractivity contribution in [3.8, 4) is 0 Å². The van der Waals surface area contributed by atoms with E-state index >= 15 is 0 Å². The zero-order valence-electron chi connectivity index (χ0n) is 8.49. The van der Waals surface area contributed by atoms with Crippen LogP contribution in [0.5, 0.6) is 0 Å². The van der Waals surface area contributed by atoms with E-state index in [2.05, 4.69) is 5.32 Å². The van der Waals surface area contributed by atoms with Gasteiger partial charge >= 0.3 is 12.0 Å². The SMILES string of the molecule is CC(C(=O)O)N(C)C(=O)NC1CCC1. The monoisotopic (exact) mass is 200 g/mol. The highest BCUT2D eigenvalue weighted by Gasteiger charge is 2.25. The van der Waals surface area contributed by atoms with Crippen LogP contribution < -0.4 is 5.32 Å². The molecule has 1 atom stereocenters. The number of aliphatic carboxylic acids is 1. The molecule has 1 saturated carbocycles. The maximum Gasteiger partial charge on any atom is 0.326 e. The standard InChI is InChI=1S/C9H16N2O3/c1-6(8(12)13)11(2)9(14)10-7-4-3-5-7/h6-7H,3-5H2,1-2H3,(H,10,14)(H,12,13). The van der Waals surface area contributed by atoms with Gasteiger partial charge in [0, 0.05) is 13.1 Å². The van der Waals surface area contributed by atoms with E-state index in [1.165, 1.54) is 18.9 Å². The molecule has 80 valence electrons. The molecule has 0 bridgehead atoms. The second kappa shape index (κ2) is 4.30. The summed E-state index contributed by atoms with van der Waals surface area (Å²) >= 11 is 0. The summed E-state index contributed by atoms with van der Waals surface area (Å²) in [5.74, 6) is -0.990. The summed E-state index contributed by atoms with van der Waals surface area (Å²) in [5, 5.41) is 11.5. The first-order valence-electron chi connectivity index (χ1n) is 4.78. The maximum atomic E-state index is 11.4. The molecule has 0 heterocycles. The number of carboxylic acid groups (broad SMARTS) is 1. The molecule has 1 fully saturated rings. The molecule has 2 amide bonds. The van der Waals surface area contributed by atoms with Crippen LogP contribution in [0.2, 0.25) is 0 Å². The first-order chi connectivity index (χ1) is 6.52. The molecule has 0 radical (unpaired) electrons. The molecule has 0 aromatic rings. The van der Waals surface area contributed by atoms with Gasteiger partial charge in [0.2, 0.25) is 0 Å². The van der Waals surface area contributed by atoms with Crippen molar-refractivity contribution in [2.24, 2.45) is 0 Å². The summed E-state index contributed by atoms with van der Waals surface area (Å²) in [4.78, 5) is 23.2. The molecule has 0 aromatic carbocycles. The van der Waals surface area contributed by atoms with Crippen LogP contribution in [-0.2, 0) is 4.79 Å². The molecule has 5 heteroatoms. The van der Waals surface area contributed by atoms with Gasteiger partial charge < -0.3 is 15.3 Å². The fourth-order valence-electron chi connectivity index (χ4n) is 1.17. The van der Waals surface area contributed by atoms with Gasteiger partial charge in [0.15, 0.2) is 0 Å². The largest absolute Gasteiger partial charge is 0.480 e. The van der Waals surface area contributed by atoms with E-state index < -0.39 is 12.0 Å². The van der Waals surface area contributed by atoms with E-state index in [1.54, 1.807) is 0 Å². The van der Waals surface area contributed by atoms with E-state index in [4.69, 9.17) is 5.11 Å². The van der Waals surface area contributed by atoms with E-state index in [1.807, 2.05) is 0 Å². The van der Waals surface area contributed by atoms with Crippen molar-refractivity contribution in [1.82, 2.24) is 10.2 Å². The molecule has 0 aromatic heterocycles. The van der Waals surface area contributed by atoms with Crippen LogP contribution in [0.25, 0.3) is 0 Å². The molecule has 1 unspecified atom stereocenters. The minimum absolute atomic E-state index is 0.242. The Balaban J connectivity index is 2.38. The van der Waals surface area contributed by atoms with Crippen LogP contribution in [0.1, 0.15) is 26.2 Å². The Morgan fingerprint density at radius 2 is 2.07 bits per heavy atom. The van der Waals surface area contributed by atoms with Crippen molar-refractivity contribution in [2.45, 2.75) is 38.3 Å². The lowest BCUT2D eigenvalue weighted by Gasteiger charge is -2.30. The lowest BCUT2D eigenvalue weighted by molar-refractivity contribution is -0.141. The van der Waals surface area contributed by atoms with Crippen molar-refractivity contribution in [1.29, 1.82) is 0 Å². The number of carboxylic acids is 1. The van der Waals surface area contributed by atoms with E-state index in [0.29, 0.717) is 0 Å². The quantitative estimate of drug-likeness (QED) is 0.702. The Hall–Kier alpha value is -1.26. The van der Waals surface area contributed by atoms with Gasteiger partial charge in [0.1, 0.15) is 6.04 Å². The van der Waals surface area contributed by atoms with Crippen molar-refractivity contribution >= 4 is 12.0 Å². The zero-order valence-corrected chi connectivity index (χ0v) is 8.49. The number of nitrogens with one attached hydrogen (secondary N) is 1. The molecule has 0 aliphatic heterocycles. The number of likely N-dealkylation sites (N-methyl/N-ethyl adjacent to an activating group) is 1. The van der Waals surface area contributed by atoms with E-state index in [9.17, 15) is 9.59 Å². The Bertz CT molecular complexity index is 238. The van der Waals surface area contributed by atoms with Crippen molar-refractivity contribution < 1.29 is 14.7 Å². The van der Waals surface area contributed by atoms with Gasteiger partial charge in [-0.25, -0.2) is 9.59 Å². The highest BCUT2D eigenvalue weighted by atomic mass is 16.4. The van der Waals surface area contributed by atoms with Crippen LogP contribution in [0.15, 0.2) is 0 Å². The predicted octanol–water partition coefficient (Wildman–Crippen LogP) is 0.653.